The minimum absolute atomic E-state index is 0.315. The Hall–Kier alpha value is -0.230. The maximum atomic E-state index is 11.3. The van der Waals surface area contributed by atoms with Gasteiger partial charge in [-0.25, -0.2) is 4.57 Å². The monoisotopic (exact) mass is 478 g/mol. The van der Waals surface area contributed by atoms with Gasteiger partial charge in [0, 0.05) is 6.61 Å². The van der Waals surface area contributed by atoms with Crippen LogP contribution in [0, 0.1) is 0 Å². The minimum atomic E-state index is -4.63. The van der Waals surface area contributed by atoms with Gasteiger partial charge in [-0.05, 0) is 25.7 Å². The highest BCUT2D eigenvalue weighted by Gasteiger charge is 2.29. The molecule has 3 N–H and O–H groups in total. The molecule has 192 valence electrons. The van der Waals surface area contributed by atoms with E-state index in [0.29, 0.717) is 13.0 Å². The maximum absolute atomic E-state index is 11.3. The first-order chi connectivity index (χ1) is 15.4. The Morgan fingerprint density at radius 3 is 1.72 bits per heavy atom. The van der Waals surface area contributed by atoms with Crippen LogP contribution in [0.2, 0.25) is 0 Å². The van der Waals surface area contributed by atoms with Gasteiger partial charge < -0.3 is 19.6 Å². The van der Waals surface area contributed by atoms with Crippen LogP contribution in [0.4, 0.5) is 0 Å². The van der Waals surface area contributed by atoms with E-state index in [1.165, 1.54) is 70.6 Å². The van der Waals surface area contributed by atoms with Crippen molar-refractivity contribution in [3.05, 3.63) is 12.7 Å². The molecule has 0 amide bonds. The normalized spacial score (nSPS) is 13.9. The molecule has 2 atom stereocenters. The number of phosphoric ester groups is 1. The van der Waals surface area contributed by atoms with Crippen LogP contribution in [-0.4, -0.2) is 40.3 Å². The lowest BCUT2D eigenvalue weighted by Crippen LogP contribution is -2.34. The molecule has 0 aliphatic rings. The van der Waals surface area contributed by atoms with Crippen molar-refractivity contribution in [2.45, 2.75) is 135 Å². The number of unbranched alkanes of at least 4 members (excludes halogenated alkanes) is 15. The van der Waals surface area contributed by atoms with E-state index in [0.717, 1.165) is 38.5 Å². The average molecular weight is 479 g/mol. The molecule has 0 rings (SSSR count). The summed E-state index contributed by atoms with van der Waals surface area (Å²) in [5.74, 6) is 0. The molecule has 32 heavy (non-hydrogen) atoms. The van der Waals surface area contributed by atoms with Crippen LogP contribution >= 0.6 is 7.82 Å². The van der Waals surface area contributed by atoms with E-state index in [2.05, 4.69) is 13.5 Å². The molecule has 0 heterocycles. The highest BCUT2D eigenvalue weighted by atomic mass is 31.2. The summed E-state index contributed by atoms with van der Waals surface area (Å²) in [5, 5.41) is 9.64. The first-order valence-corrected chi connectivity index (χ1v) is 14.5. The summed E-state index contributed by atoms with van der Waals surface area (Å²) in [7, 11) is -4.63. The SMILES string of the molecule is C=CCCCCO[C@@H](CO)[C@@H](CCCCCCCCCCCCCCCC)OP(=O)(O)O. The van der Waals surface area contributed by atoms with Crippen molar-refractivity contribution < 1.29 is 28.7 Å². The summed E-state index contributed by atoms with van der Waals surface area (Å²) < 4.78 is 22.0. The summed E-state index contributed by atoms with van der Waals surface area (Å²) in [5.41, 5.74) is 0. The number of aliphatic hydroxyl groups excluding tert-OH is 1. The van der Waals surface area contributed by atoms with Crippen LogP contribution in [-0.2, 0) is 13.8 Å². The van der Waals surface area contributed by atoms with Gasteiger partial charge in [0.1, 0.15) is 6.10 Å². The molecule has 0 aliphatic heterocycles. The molecule has 0 aromatic rings. The lowest BCUT2D eigenvalue weighted by Gasteiger charge is -2.26. The van der Waals surface area contributed by atoms with Crippen LogP contribution in [0.3, 0.4) is 0 Å². The fourth-order valence-electron chi connectivity index (χ4n) is 3.93. The summed E-state index contributed by atoms with van der Waals surface area (Å²) in [6.07, 6.45) is 21.0. The largest absolute Gasteiger partial charge is 0.469 e. The molecule has 0 bridgehead atoms. The molecule has 0 aromatic heterocycles. The third-order valence-corrected chi connectivity index (χ3v) is 6.39. The van der Waals surface area contributed by atoms with Gasteiger partial charge in [0.25, 0.3) is 0 Å². The van der Waals surface area contributed by atoms with Crippen LogP contribution in [0.25, 0.3) is 0 Å². The van der Waals surface area contributed by atoms with Gasteiger partial charge >= 0.3 is 7.82 Å². The second-order valence-electron chi connectivity index (χ2n) is 8.90. The Morgan fingerprint density at radius 2 is 1.28 bits per heavy atom. The smallest absolute Gasteiger partial charge is 0.394 e. The molecule has 7 heteroatoms. The summed E-state index contributed by atoms with van der Waals surface area (Å²) in [6.45, 7) is 6.05. The molecule has 0 fully saturated rings. The van der Waals surface area contributed by atoms with E-state index in [4.69, 9.17) is 9.26 Å². The van der Waals surface area contributed by atoms with Gasteiger partial charge in [0.15, 0.2) is 0 Å². The Morgan fingerprint density at radius 1 is 0.781 bits per heavy atom. The third kappa shape index (κ3) is 21.6. The zero-order valence-electron chi connectivity index (χ0n) is 20.6. The number of phosphoric acid groups is 1. The highest BCUT2D eigenvalue weighted by molar-refractivity contribution is 7.46. The van der Waals surface area contributed by atoms with Gasteiger partial charge in [-0.3, -0.25) is 4.52 Å². The quantitative estimate of drug-likeness (QED) is 0.0738. The summed E-state index contributed by atoms with van der Waals surface area (Å²) in [4.78, 5) is 18.5. The Balaban J connectivity index is 3.92. The van der Waals surface area contributed by atoms with Crippen molar-refractivity contribution in [1.82, 2.24) is 0 Å². The second-order valence-corrected chi connectivity index (χ2v) is 10.1. The van der Waals surface area contributed by atoms with Gasteiger partial charge in [-0.1, -0.05) is 103 Å². The molecule has 0 unspecified atom stereocenters. The standard InChI is InChI=1S/C25H51O6P/c1-3-5-7-9-10-11-12-13-14-15-16-17-18-19-21-24(31-32(27,28)29)25(23-26)30-22-20-8-6-4-2/h4,24-26H,2-3,5-23H2,1H3,(H2,27,28,29)/t24-,25+/m1/s1. The number of aliphatic hydroxyl groups is 1. The van der Waals surface area contributed by atoms with E-state index in [-0.39, 0.29) is 6.61 Å². The summed E-state index contributed by atoms with van der Waals surface area (Å²) in [6, 6.07) is 0. The highest BCUT2D eigenvalue weighted by Crippen LogP contribution is 2.39. The number of hydrogen-bond donors (Lipinski definition) is 3. The van der Waals surface area contributed by atoms with E-state index < -0.39 is 20.0 Å². The van der Waals surface area contributed by atoms with E-state index >= 15 is 0 Å². The van der Waals surface area contributed by atoms with Gasteiger partial charge in [0.05, 0.1) is 12.7 Å². The maximum Gasteiger partial charge on any atom is 0.469 e. The molecule has 0 aliphatic carbocycles. The molecule has 6 nitrogen and oxygen atoms in total. The summed E-state index contributed by atoms with van der Waals surface area (Å²) >= 11 is 0. The Labute approximate surface area is 197 Å². The number of rotatable bonds is 25. The lowest BCUT2D eigenvalue weighted by atomic mass is 10.0. The first-order valence-electron chi connectivity index (χ1n) is 13.0. The van der Waals surface area contributed by atoms with Crippen molar-refractivity contribution in [2.75, 3.05) is 13.2 Å². The van der Waals surface area contributed by atoms with E-state index in [1.807, 2.05) is 6.08 Å². The zero-order chi connectivity index (χ0) is 23.9. The van der Waals surface area contributed by atoms with Crippen LogP contribution < -0.4 is 0 Å². The molecule has 0 aromatic carbocycles. The van der Waals surface area contributed by atoms with Crippen molar-refractivity contribution in [2.24, 2.45) is 0 Å². The van der Waals surface area contributed by atoms with E-state index in [9.17, 15) is 19.5 Å². The van der Waals surface area contributed by atoms with Crippen molar-refractivity contribution >= 4 is 7.82 Å². The molecule has 0 saturated carbocycles. The topological polar surface area (TPSA) is 96.2 Å². The first kappa shape index (κ1) is 31.8. The fraction of sp³-hybridized carbons (Fsp3) is 0.920. The second kappa shape index (κ2) is 22.6. The van der Waals surface area contributed by atoms with Crippen molar-refractivity contribution in [1.29, 1.82) is 0 Å². The lowest BCUT2D eigenvalue weighted by molar-refractivity contribution is -0.0645. The Bertz CT molecular complexity index is 454. The van der Waals surface area contributed by atoms with Crippen molar-refractivity contribution in [3.8, 4) is 0 Å². The van der Waals surface area contributed by atoms with Gasteiger partial charge in [-0.2, -0.15) is 0 Å². The van der Waals surface area contributed by atoms with Crippen molar-refractivity contribution in [3.63, 3.8) is 0 Å². The van der Waals surface area contributed by atoms with E-state index in [1.54, 1.807) is 0 Å². The molecular weight excluding hydrogens is 427 g/mol. The fourth-order valence-corrected chi connectivity index (χ4v) is 4.52. The van der Waals surface area contributed by atoms with Crippen LogP contribution in [0.1, 0.15) is 122 Å². The minimum Gasteiger partial charge on any atom is -0.394 e. The molecule has 0 radical (unpaired) electrons. The molecule has 0 saturated heterocycles. The predicted molar refractivity (Wildman–Crippen MR) is 133 cm³/mol. The molecule has 0 spiro atoms. The number of hydrogen-bond acceptors (Lipinski definition) is 4. The number of ether oxygens (including phenoxy) is 1. The van der Waals surface area contributed by atoms with Crippen LogP contribution in [0.15, 0.2) is 12.7 Å². The zero-order valence-corrected chi connectivity index (χ0v) is 21.5. The third-order valence-electron chi connectivity index (χ3n) is 5.84. The molecular formula is C25H51O6P. The Kier molecular flexibility index (Phi) is 22.4. The van der Waals surface area contributed by atoms with Gasteiger partial charge in [0.2, 0.25) is 0 Å². The van der Waals surface area contributed by atoms with Gasteiger partial charge in [-0.15, -0.1) is 6.58 Å². The van der Waals surface area contributed by atoms with Crippen LogP contribution in [0.5, 0.6) is 0 Å². The number of allylic oxidation sites excluding steroid dienone is 1. The predicted octanol–water partition coefficient (Wildman–Crippen LogP) is 7.07. The average Bonchev–Trinajstić information content (AvgIpc) is 2.75.